The fourth-order valence-electron chi connectivity index (χ4n) is 3.79. The Kier molecular flexibility index (Phi) is 8.64. The van der Waals surface area contributed by atoms with Crippen LogP contribution in [0.4, 0.5) is 10.5 Å². The molecule has 1 unspecified atom stereocenters. The largest absolute Gasteiger partial charge is 0.379 e. The van der Waals surface area contributed by atoms with Gasteiger partial charge in [-0.3, -0.25) is 9.69 Å². The quantitative estimate of drug-likeness (QED) is 0.686. The molecule has 2 aromatic carbocycles. The van der Waals surface area contributed by atoms with E-state index in [2.05, 4.69) is 17.1 Å². The third-order valence-electron chi connectivity index (χ3n) is 5.75. The average molecular weight is 439 g/mol. The molecule has 0 aliphatic carbocycles. The number of hydrogen-bond donors (Lipinski definition) is 1. The van der Waals surface area contributed by atoms with Crippen LogP contribution in [0.3, 0.4) is 0 Å². The van der Waals surface area contributed by atoms with Crippen molar-refractivity contribution in [3.05, 3.63) is 65.7 Å². The summed E-state index contributed by atoms with van der Waals surface area (Å²) in [5, 5.41) is 3.06. The molecule has 2 aromatic rings. The number of morpholine rings is 1. The van der Waals surface area contributed by atoms with E-state index in [1.54, 1.807) is 18.9 Å². The van der Waals surface area contributed by atoms with Gasteiger partial charge < -0.3 is 19.9 Å². The minimum atomic E-state index is -0.133. The van der Waals surface area contributed by atoms with Crippen molar-refractivity contribution >= 4 is 17.6 Å². The highest BCUT2D eigenvalue weighted by atomic mass is 16.5. The highest BCUT2D eigenvalue weighted by Crippen LogP contribution is 2.16. The summed E-state index contributed by atoms with van der Waals surface area (Å²) in [5.41, 5.74) is 2.78. The van der Waals surface area contributed by atoms with Crippen molar-refractivity contribution in [1.82, 2.24) is 14.7 Å². The molecule has 0 radical (unpaired) electrons. The monoisotopic (exact) mass is 438 g/mol. The summed E-state index contributed by atoms with van der Waals surface area (Å²) in [5.74, 6) is 0.00501. The molecular weight excluding hydrogens is 404 g/mol. The Balaban J connectivity index is 1.71. The van der Waals surface area contributed by atoms with Gasteiger partial charge in [0.05, 0.1) is 13.2 Å². The van der Waals surface area contributed by atoms with E-state index < -0.39 is 0 Å². The van der Waals surface area contributed by atoms with Gasteiger partial charge in [0.2, 0.25) is 5.91 Å². The standard InChI is InChI=1S/C25H34N4O3/c1-20(17-28-12-14-32-15-13-28)29(19-22-8-5-4-6-9-22)25(31)26-24-11-7-10-23(16-24)18-27(3)21(2)30/h4-11,16,20H,12-15,17-19H2,1-3H3,(H,26,31). The Labute approximate surface area is 190 Å². The molecule has 7 heteroatoms. The molecule has 1 heterocycles. The molecule has 3 rings (SSSR count). The number of ether oxygens (including phenoxy) is 1. The van der Waals surface area contributed by atoms with Crippen LogP contribution in [0.15, 0.2) is 54.6 Å². The molecule has 1 aliphatic rings. The van der Waals surface area contributed by atoms with Crippen LogP contribution < -0.4 is 5.32 Å². The molecule has 7 nitrogen and oxygen atoms in total. The number of carbonyl (C=O) groups excluding carboxylic acids is 2. The maximum atomic E-state index is 13.3. The van der Waals surface area contributed by atoms with E-state index >= 15 is 0 Å². The molecule has 1 fully saturated rings. The second-order valence-electron chi connectivity index (χ2n) is 8.38. The number of hydrogen-bond acceptors (Lipinski definition) is 4. The van der Waals surface area contributed by atoms with Crippen LogP contribution in [0.5, 0.6) is 0 Å². The molecular formula is C25H34N4O3. The number of rotatable bonds is 8. The number of amides is 3. The summed E-state index contributed by atoms with van der Waals surface area (Å²) < 4.78 is 5.46. The second-order valence-corrected chi connectivity index (χ2v) is 8.38. The lowest BCUT2D eigenvalue weighted by atomic mass is 10.1. The maximum absolute atomic E-state index is 13.3. The SMILES string of the molecule is CC(=O)N(C)Cc1cccc(NC(=O)N(Cc2ccccc2)C(C)CN2CCOCC2)c1. The Morgan fingerprint density at radius 1 is 1.03 bits per heavy atom. The van der Waals surface area contributed by atoms with Gasteiger partial charge in [-0.05, 0) is 30.2 Å². The Bertz CT molecular complexity index is 884. The molecule has 0 saturated carbocycles. The molecule has 0 bridgehead atoms. The molecule has 0 aromatic heterocycles. The van der Waals surface area contributed by atoms with E-state index in [0.717, 1.165) is 49.7 Å². The number of carbonyl (C=O) groups is 2. The first-order valence-electron chi connectivity index (χ1n) is 11.1. The van der Waals surface area contributed by atoms with Crippen LogP contribution in [-0.4, -0.2) is 72.6 Å². The highest BCUT2D eigenvalue weighted by Gasteiger charge is 2.24. The summed E-state index contributed by atoms with van der Waals surface area (Å²) in [6.45, 7) is 8.71. The lowest BCUT2D eigenvalue weighted by molar-refractivity contribution is -0.128. The van der Waals surface area contributed by atoms with Crippen molar-refractivity contribution in [1.29, 1.82) is 0 Å². The van der Waals surface area contributed by atoms with Gasteiger partial charge in [-0.1, -0.05) is 42.5 Å². The smallest absolute Gasteiger partial charge is 0.322 e. The Morgan fingerprint density at radius 3 is 2.41 bits per heavy atom. The average Bonchev–Trinajstić information content (AvgIpc) is 2.79. The summed E-state index contributed by atoms with van der Waals surface area (Å²) >= 11 is 0. The maximum Gasteiger partial charge on any atom is 0.322 e. The molecule has 32 heavy (non-hydrogen) atoms. The minimum Gasteiger partial charge on any atom is -0.379 e. The number of nitrogens with zero attached hydrogens (tertiary/aromatic N) is 3. The van der Waals surface area contributed by atoms with Crippen molar-refractivity contribution in [3.8, 4) is 0 Å². The van der Waals surface area contributed by atoms with Crippen molar-refractivity contribution in [2.75, 3.05) is 45.2 Å². The first kappa shape index (κ1) is 23.8. The molecule has 1 saturated heterocycles. The number of urea groups is 1. The lowest BCUT2D eigenvalue weighted by Crippen LogP contribution is -2.49. The van der Waals surface area contributed by atoms with Gasteiger partial charge in [-0.2, -0.15) is 0 Å². The Morgan fingerprint density at radius 2 is 1.72 bits per heavy atom. The molecule has 3 amide bonds. The lowest BCUT2D eigenvalue weighted by Gasteiger charge is -2.35. The van der Waals surface area contributed by atoms with Crippen molar-refractivity contribution in [3.63, 3.8) is 0 Å². The zero-order valence-corrected chi connectivity index (χ0v) is 19.3. The third-order valence-corrected chi connectivity index (χ3v) is 5.75. The van der Waals surface area contributed by atoms with E-state index in [1.807, 2.05) is 59.5 Å². The topological polar surface area (TPSA) is 65.1 Å². The van der Waals surface area contributed by atoms with Crippen molar-refractivity contribution in [2.24, 2.45) is 0 Å². The van der Waals surface area contributed by atoms with E-state index in [9.17, 15) is 9.59 Å². The minimum absolute atomic E-state index is 0.00501. The van der Waals surface area contributed by atoms with E-state index in [4.69, 9.17) is 4.74 Å². The predicted molar refractivity (Wildman–Crippen MR) is 126 cm³/mol. The molecule has 1 aliphatic heterocycles. The van der Waals surface area contributed by atoms with Gasteiger partial charge in [0.1, 0.15) is 0 Å². The van der Waals surface area contributed by atoms with Crippen LogP contribution in [0, 0.1) is 0 Å². The van der Waals surface area contributed by atoms with Gasteiger partial charge in [0.15, 0.2) is 0 Å². The van der Waals surface area contributed by atoms with Crippen LogP contribution in [-0.2, 0) is 22.6 Å². The summed E-state index contributed by atoms with van der Waals surface area (Å²) in [6, 6.07) is 17.6. The van der Waals surface area contributed by atoms with E-state index in [1.165, 1.54) is 0 Å². The zero-order valence-electron chi connectivity index (χ0n) is 19.3. The fourth-order valence-corrected chi connectivity index (χ4v) is 3.79. The summed E-state index contributed by atoms with van der Waals surface area (Å²) in [4.78, 5) is 30.8. The number of anilines is 1. The third kappa shape index (κ3) is 7.07. The second kappa shape index (κ2) is 11.6. The first-order chi connectivity index (χ1) is 15.4. The highest BCUT2D eigenvalue weighted by molar-refractivity contribution is 5.89. The number of nitrogens with one attached hydrogen (secondary N) is 1. The summed E-state index contributed by atoms with van der Waals surface area (Å²) in [7, 11) is 1.77. The normalized spacial score (nSPS) is 15.1. The molecule has 1 N–H and O–H groups in total. The van der Waals surface area contributed by atoms with Crippen molar-refractivity contribution in [2.45, 2.75) is 33.0 Å². The molecule has 1 atom stereocenters. The zero-order chi connectivity index (χ0) is 22.9. The van der Waals surface area contributed by atoms with Gasteiger partial charge in [-0.15, -0.1) is 0 Å². The van der Waals surface area contributed by atoms with Gasteiger partial charge in [-0.25, -0.2) is 4.79 Å². The van der Waals surface area contributed by atoms with Crippen LogP contribution in [0.2, 0.25) is 0 Å². The fraction of sp³-hybridized carbons (Fsp3) is 0.440. The van der Waals surface area contributed by atoms with Crippen molar-refractivity contribution < 1.29 is 14.3 Å². The molecule has 172 valence electrons. The van der Waals surface area contributed by atoms with Crippen LogP contribution in [0.1, 0.15) is 25.0 Å². The van der Waals surface area contributed by atoms with Gasteiger partial charge in [0, 0.05) is 58.4 Å². The molecule has 0 spiro atoms. The van der Waals surface area contributed by atoms with E-state index in [0.29, 0.717) is 13.1 Å². The van der Waals surface area contributed by atoms with Crippen LogP contribution >= 0.6 is 0 Å². The Hall–Kier alpha value is -2.90. The van der Waals surface area contributed by atoms with Crippen LogP contribution in [0.25, 0.3) is 0 Å². The predicted octanol–water partition coefficient (Wildman–Crippen LogP) is 3.42. The number of benzene rings is 2. The first-order valence-corrected chi connectivity index (χ1v) is 11.1. The van der Waals surface area contributed by atoms with E-state index in [-0.39, 0.29) is 18.0 Å². The van der Waals surface area contributed by atoms with Gasteiger partial charge >= 0.3 is 6.03 Å². The summed E-state index contributed by atoms with van der Waals surface area (Å²) in [6.07, 6.45) is 0. The van der Waals surface area contributed by atoms with Gasteiger partial charge in [0.25, 0.3) is 0 Å².